The smallest absolute Gasteiger partial charge is 0.412 e. The Kier molecular flexibility index (Phi) is 4.15. The van der Waals surface area contributed by atoms with Crippen LogP contribution in [0.3, 0.4) is 0 Å². The number of ether oxygens (including phenoxy) is 1. The molecule has 0 radical (unpaired) electrons. The maximum absolute atomic E-state index is 11.5. The van der Waals surface area contributed by atoms with Gasteiger partial charge < -0.3 is 4.74 Å². The molecule has 1 aromatic heterocycles. The van der Waals surface area contributed by atoms with Crippen molar-refractivity contribution in [3.63, 3.8) is 0 Å². The van der Waals surface area contributed by atoms with Crippen molar-refractivity contribution in [2.24, 2.45) is 0 Å². The summed E-state index contributed by atoms with van der Waals surface area (Å²) < 4.78 is 5.63. The molecular weight excluding hydrogens is 295 g/mol. The molecule has 1 amide bonds. The van der Waals surface area contributed by atoms with Gasteiger partial charge in [0.05, 0.1) is 10.2 Å². The van der Waals surface area contributed by atoms with Crippen molar-refractivity contribution in [2.45, 2.75) is 26.4 Å². The first-order valence-electron chi connectivity index (χ1n) is 4.59. The number of halogens is 2. The highest BCUT2D eigenvalue weighted by molar-refractivity contribution is 9.10. The first-order chi connectivity index (χ1) is 7.29. The van der Waals surface area contributed by atoms with E-state index in [1.807, 2.05) is 0 Å². The van der Waals surface area contributed by atoms with Crippen molar-refractivity contribution in [2.75, 3.05) is 5.32 Å². The molecule has 88 valence electrons. The van der Waals surface area contributed by atoms with Crippen LogP contribution >= 0.6 is 27.5 Å². The molecule has 1 N–H and O–H groups in total. The van der Waals surface area contributed by atoms with Crippen LogP contribution in [0.4, 0.5) is 10.5 Å². The number of aromatic nitrogens is 1. The van der Waals surface area contributed by atoms with Crippen molar-refractivity contribution < 1.29 is 9.53 Å². The lowest BCUT2D eigenvalue weighted by Crippen LogP contribution is -2.27. The Balaban J connectivity index is 2.74. The van der Waals surface area contributed by atoms with Gasteiger partial charge in [-0.25, -0.2) is 9.78 Å². The molecule has 6 heteroatoms. The second-order valence-electron chi connectivity index (χ2n) is 4.09. The Morgan fingerprint density at radius 1 is 1.56 bits per heavy atom. The van der Waals surface area contributed by atoms with E-state index in [-0.39, 0.29) is 5.15 Å². The lowest BCUT2D eigenvalue weighted by molar-refractivity contribution is 0.0636. The highest BCUT2D eigenvalue weighted by Gasteiger charge is 2.17. The van der Waals surface area contributed by atoms with Crippen molar-refractivity contribution in [1.29, 1.82) is 0 Å². The fourth-order valence-electron chi connectivity index (χ4n) is 0.928. The number of anilines is 1. The maximum atomic E-state index is 11.5. The molecular formula is C10H12BrClN2O2. The quantitative estimate of drug-likeness (QED) is 0.802. The van der Waals surface area contributed by atoms with Gasteiger partial charge in [-0.3, -0.25) is 5.32 Å². The van der Waals surface area contributed by atoms with Crippen LogP contribution in [0, 0.1) is 0 Å². The van der Waals surface area contributed by atoms with Crippen molar-refractivity contribution >= 4 is 39.3 Å². The van der Waals surface area contributed by atoms with Crippen molar-refractivity contribution in [3.8, 4) is 0 Å². The summed E-state index contributed by atoms with van der Waals surface area (Å²) in [4.78, 5) is 15.3. The molecule has 16 heavy (non-hydrogen) atoms. The zero-order valence-electron chi connectivity index (χ0n) is 9.17. The SMILES string of the molecule is CC(C)(C)OC(=O)Nc1ccnc(Cl)c1Br. The largest absolute Gasteiger partial charge is 0.444 e. The first kappa shape index (κ1) is 13.3. The van der Waals surface area contributed by atoms with Crippen LogP contribution < -0.4 is 5.32 Å². The number of hydrogen-bond acceptors (Lipinski definition) is 3. The highest BCUT2D eigenvalue weighted by Crippen LogP contribution is 2.28. The predicted octanol–water partition coefficient (Wildman–Crippen LogP) is 3.84. The summed E-state index contributed by atoms with van der Waals surface area (Å²) in [6.45, 7) is 5.38. The third kappa shape index (κ3) is 3.98. The number of rotatable bonds is 1. The Bertz CT molecular complexity index is 404. The Morgan fingerprint density at radius 2 is 2.19 bits per heavy atom. The van der Waals surface area contributed by atoms with Gasteiger partial charge in [0.25, 0.3) is 0 Å². The molecule has 0 bridgehead atoms. The molecule has 0 aliphatic carbocycles. The lowest BCUT2D eigenvalue weighted by atomic mass is 10.2. The van der Waals surface area contributed by atoms with E-state index in [2.05, 4.69) is 26.2 Å². The van der Waals surface area contributed by atoms with Gasteiger partial charge in [0, 0.05) is 6.20 Å². The molecule has 0 spiro atoms. The van der Waals surface area contributed by atoms with E-state index in [9.17, 15) is 4.79 Å². The molecule has 1 rings (SSSR count). The second kappa shape index (κ2) is 5.01. The predicted molar refractivity (Wildman–Crippen MR) is 66.8 cm³/mol. The van der Waals surface area contributed by atoms with Crippen LogP contribution in [0.1, 0.15) is 20.8 Å². The number of carbonyl (C=O) groups excluding carboxylic acids is 1. The van der Waals surface area contributed by atoms with E-state index < -0.39 is 11.7 Å². The Morgan fingerprint density at radius 3 is 2.75 bits per heavy atom. The number of nitrogens with one attached hydrogen (secondary N) is 1. The van der Waals surface area contributed by atoms with Crippen LogP contribution in [0.15, 0.2) is 16.7 Å². The van der Waals surface area contributed by atoms with Crippen molar-refractivity contribution in [1.82, 2.24) is 4.98 Å². The molecule has 0 aliphatic rings. The van der Waals surface area contributed by atoms with E-state index in [1.54, 1.807) is 26.8 Å². The minimum absolute atomic E-state index is 0.286. The number of nitrogens with zero attached hydrogens (tertiary/aromatic N) is 1. The third-order valence-electron chi connectivity index (χ3n) is 1.48. The van der Waals surface area contributed by atoms with Gasteiger partial charge in [0.2, 0.25) is 0 Å². The van der Waals surface area contributed by atoms with Crippen LogP contribution in [-0.4, -0.2) is 16.7 Å². The number of hydrogen-bond donors (Lipinski definition) is 1. The van der Waals surface area contributed by atoms with E-state index in [0.29, 0.717) is 10.2 Å². The summed E-state index contributed by atoms with van der Waals surface area (Å²) in [5.74, 6) is 0. The van der Waals surface area contributed by atoms with E-state index in [0.717, 1.165) is 0 Å². The monoisotopic (exact) mass is 306 g/mol. The van der Waals surface area contributed by atoms with Crippen LogP contribution in [0.2, 0.25) is 5.15 Å². The highest BCUT2D eigenvalue weighted by atomic mass is 79.9. The standard InChI is InChI=1S/C10H12BrClN2O2/c1-10(2,3)16-9(15)14-6-4-5-13-8(12)7(6)11/h4-5H,1-3H3,(H,13,14,15). The fourth-order valence-corrected chi connectivity index (χ4v) is 1.42. The van der Waals surface area contributed by atoms with E-state index in [1.165, 1.54) is 6.20 Å². The van der Waals surface area contributed by atoms with E-state index >= 15 is 0 Å². The second-order valence-corrected chi connectivity index (χ2v) is 5.24. The van der Waals surface area contributed by atoms with Gasteiger partial charge in [0.15, 0.2) is 0 Å². The molecule has 0 unspecified atom stereocenters. The molecule has 0 saturated carbocycles. The summed E-state index contributed by atoms with van der Waals surface area (Å²) in [5, 5.41) is 2.86. The normalized spacial score (nSPS) is 11.1. The lowest BCUT2D eigenvalue weighted by Gasteiger charge is -2.20. The van der Waals surface area contributed by atoms with Gasteiger partial charge in [0.1, 0.15) is 10.8 Å². The average Bonchev–Trinajstić information content (AvgIpc) is 2.09. The zero-order valence-corrected chi connectivity index (χ0v) is 11.5. The summed E-state index contributed by atoms with van der Waals surface area (Å²) in [5.41, 5.74) is -0.0119. The Hall–Kier alpha value is -0.810. The van der Waals surface area contributed by atoms with Crippen molar-refractivity contribution in [3.05, 3.63) is 21.9 Å². The average molecular weight is 308 g/mol. The first-order valence-corrected chi connectivity index (χ1v) is 5.77. The topological polar surface area (TPSA) is 51.2 Å². The fraction of sp³-hybridized carbons (Fsp3) is 0.400. The third-order valence-corrected chi connectivity index (χ3v) is 2.80. The molecule has 4 nitrogen and oxygen atoms in total. The summed E-state index contributed by atoms with van der Waals surface area (Å²) in [6, 6.07) is 1.62. The molecule has 1 heterocycles. The van der Waals surface area contributed by atoms with Gasteiger partial charge in [-0.1, -0.05) is 11.6 Å². The summed E-state index contributed by atoms with van der Waals surface area (Å²) >= 11 is 9.00. The van der Waals surface area contributed by atoms with Gasteiger partial charge in [-0.2, -0.15) is 0 Å². The molecule has 0 fully saturated rings. The molecule has 1 aromatic rings. The summed E-state index contributed by atoms with van der Waals surface area (Å²) in [7, 11) is 0. The van der Waals surface area contributed by atoms with Gasteiger partial charge >= 0.3 is 6.09 Å². The number of pyridine rings is 1. The molecule has 0 saturated heterocycles. The molecule has 0 aromatic carbocycles. The van der Waals surface area contributed by atoms with Crippen LogP contribution in [-0.2, 0) is 4.74 Å². The molecule has 0 atom stereocenters. The minimum Gasteiger partial charge on any atom is -0.444 e. The maximum Gasteiger partial charge on any atom is 0.412 e. The minimum atomic E-state index is -0.534. The summed E-state index contributed by atoms with van der Waals surface area (Å²) in [6.07, 6.45) is 0.968. The van der Waals surface area contributed by atoms with E-state index in [4.69, 9.17) is 16.3 Å². The number of carbonyl (C=O) groups is 1. The number of amides is 1. The van der Waals surface area contributed by atoms with Gasteiger partial charge in [-0.15, -0.1) is 0 Å². The van der Waals surface area contributed by atoms with Crippen LogP contribution in [0.25, 0.3) is 0 Å². The Labute approximate surface area is 107 Å². The zero-order chi connectivity index (χ0) is 12.3. The molecule has 0 aliphatic heterocycles. The van der Waals surface area contributed by atoms with Gasteiger partial charge in [-0.05, 0) is 42.8 Å². The van der Waals surface area contributed by atoms with Crippen LogP contribution in [0.5, 0.6) is 0 Å².